The summed E-state index contributed by atoms with van der Waals surface area (Å²) >= 11 is 0. The minimum absolute atomic E-state index is 0.0752. The van der Waals surface area contributed by atoms with Gasteiger partial charge in [0.1, 0.15) is 0 Å². The number of ketones is 1. The van der Waals surface area contributed by atoms with Crippen molar-refractivity contribution in [2.75, 3.05) is 0 Å². The molecule has 0 radical (unpaired) electrons. The highest BCUT2D eigenvalue weighted by Gasteiger charge is 2.62. The summed E-state index contributed by atoms with van der Waals surface area (Å²) in [4.78, 5) is 11.8. The Kier molecular flexibility index (Phi) is 4.16. The van der Waals surface area contributed by atoms with Gasteiger partial charge >= 0.3 is 0 Å². The monoisotopic (exact) mass is 360 g/mol. The number of carbonyl (C=O) groups is 1. The van der Waals surface area contributed by atoms with Crippen molar-refractivity contribution in [3.8, 4) is 0 Å². The third-order valence-electron chi connectivity index (χ3n) is 8.36. The molecule has 1 unspecified atom stereocenters. The summed E-state index contributed by atoms with van der Waals surface area (Å²) < 4.78 is 6.84. The van der Waals surface area contributed by atoms with Crippen molar-refractivity contribution in [2.24, 2.45) is 29.1 Å². The van der Waals surface area contributed by atoms with Crippen molar-refractivity contribution in [2.45, 2.75) is 90.5 Å². The van der Waals surface area contributed by atoms with Crippen LogP contribution in [-0.2, 0) is 9.22 Å². The molecule has 4 rings (SSSR count). The van der Waals surface area contributed by atoms with Crippen LogP contribution in [0.3, 0.4) is 0 Å². The molecule has 3 heteroatoms. The molecule has 0 bridgehead atoms. The fourth-order valence-corrected chi connectivity index (χ4v) is 8.94. The second-order valence-corrected chi connectivity index (χ2v) is 15.2. The molecule has 4 aliphatic carbocycles. The molecule has 0 saturated heterocycles. The van der Waals surface area contributed by atoms with E-state index in [0.29, 0.717) is 17.1 Å². The van der Waals surface area contributed by atoms with Gasteiger partial charge in [-0.1, -0.05) is 12.5 Å². The van der Waals surface area contributed by atoms with Crippen LogP contribution in [0, 0.1) is 29.1 Å². The minimum atomic E-state index is -1.54. The van der Waals surface area contributed by atoms with Crippen molar-refractivity contribution in [1.82, 2.24) is 0 Å². The number of carbonyl (C=O) groups excluding carboxylic acids is 1. The second kappa shape index (κ2) is 5.79. The van der Waals surface area contributed by atoms with Crippen molar-refractivity contribution in [3.63, 3.8) is 0 Å². The quantitative estimate of drug-likeness (QED) is 0.587. The van der Waals surface area contributed by atoms with Crippen LogP contribution in [0.1, 0.15) is 65.2 Å². The zero-order valence-electron chi connectivity index (χ0n) is 16.9. The van der Waals surface area contributed by atoms with Crippen LogP contribution < -0.4 is 0 Å². The molecule has 3 saturated carbocycles. The first kappa shape index (κ1) is 18.0. The van der Waals surface area contributed by atoms with Crippen molar-refractivity contribution in [1.29, 1.82) is 0 Å². The Morgan fingerprint density at radius 3 is 2.48 bits per heavy atom. The summed E-state index contributed by atoms with van der Waals surface area (Å²) in [5, 5.41) is 0. The van der Waals surface area contributed by atoms with E-state index in [0.717, 1.165) is 30.6 Å². The molecule has 140 valence electrons. The Labute approximate surface area is 154 Å². The lowest BCUT2D eigenvalue weighted by Crippen LogP contribution is -2.55. The first-order chi connectivity index (χ1) is 11.6. The normalized spacial score (nSPS) is 46.9. The molecule has 0 N–H and O–H groups in total. The standard InChI is InChI=1S/C22H36O2Si/c1-21-12-10-18-17-9-7-16(23)14-15(17)6-8-19(18)20(21)11-13-22(21,2)24-25(3,4)5/h14,17-20H,6-13H2,1-5H3/t17-,18+,19+,20-,21-,22?/m0/s1. The highest BCUT2D eigenvalue weighted by atomic mass is 28.4. The number of rotatable bonds is 2. The van der Waals surface area contributed by atoms with E-state index in [9.17, 15) is 4.79 Å². The van der Waals surface area contributed by atoms with E-state index < -0.39 is 8.32 Å². The van der Waals surface area contributed by atoms with Crippen LogP contribution >= 0.6 is 0 Å². The molecule has 3 fully saturated rings. The van der Waals surface area contributed by atoms with Crippen LogP contribution in [-0.4, -0.2) is 19.7 Å². The van der Waals surface area contributed by atoms with E-state index in [1.54, 1.807) is 0 Å². The van der Waals surface area contributed by atoms with Gasteiger partial charge in [0.15, 0.2) is 14.1 Å². The van der Waals surface area contributed by atoms with Crippen LogP contribution in [0.5, 0.6) is 0 Å². The van der Waals surface area contributed by atoms with E-state index >= 15 is 0 Å². The van der Waals surface area contributed by atoms with E-state index in [1.165, 1.54) is 44.1 Å². The van der Waals surface area contributed by atoms with E-state index in [1.807, 2.05) is 6.08 Å². The van der Waals surface area contributed by atoms with Gasteiger partial charge in [-0.15, -0.1) is 0 Å². The maximum atomic E-state index is 11.8. The lowest BCUT2D eigenvalue weighted by Gasteiger charge is -2.57. The van der Waals surface area contributed by atoms with E-state index in [-0.39, 0.29) is 5.60 Å². The van der Waals surface area contributed by atoms with Crippen LogP contribution in [0.15, 0.2) is 11.6 Å². The summed E-state index contributed by atoms with van der Waals surface area (Å²) in [5.74, 6) is 3.61. The fraction of sp³-hybridized carbons (Fsp3) is 0.864. The summed E-state index contributed by atoms with van der Waals surface area (Å²) in [7, 11) is -1.54. The topological polar surface area (TPSA) is 26.3 Å². The van der Waals surface area contributed by atoms with Crippen molar-refractivity contribution < 1.29 is 9.22 Å². The largest absolute Gasteiger partial charge is 0.412 e. The van der Waals surface area contributed by atoms with Gasteiger partial charge in [0.2, 0.25) is 0 Å². The Balaban J connectivity index is 1.60. The van der Waals surface area contributed by atoms with Gasteiger partial charge in [0.25, 0.3) is 0 Å². The second-order valence-electron chi connectivity index (χ2n) is 10.7. The summed E-state index contributed by atoms with van der Waals surface area (Å²) in [5.41, 5.74) is 1.92. The van der Waals surface area contributed by atoms with Gasteiger partial charge in [-0.05, 0) is 107 Å². The lowest BCUT2D eigenvalue weighted by atomic mass is 9.51. The molecule has 2 nitrogen and oxygen atoms in total. The molecule has 6 atom stereocenters. The van der Waals surface area contributed by atoms with Crippen LogP contribution in [0.4, 0.5) is 0 Å². The molecule has 0 aromatic heterocycles. The Bertz CT molecular complexity index is 604. The zero-order valence-corrected chi connectivity index (χ0v) is 17.9. The van der Waals surface area contributed by atoms with Gasteiger partial charge in [-0.3, -0.25) is 4.79 Å². The molecule has 25 heavy (non-hydrogen) atoms. The Morgan fingerprint density at radius 2 is 1.76 bits per heavy atom. The number of allylic oxidation sites excluding steroid dienone is 1. The molecular weight excluding hydrogens is 324 g/mol. The minimum Gasteiger partial charge on any atom is -0.412 e. The Hall–Kier alpha value is -0.413. The summed E-state index contributed by atoms with van der Waals surface area (Å²) in [6, 6.07) is 0. The average molecular weight is 361 g/mol. The number of hydrogen-bond acceptors (Lipinski definition) is 2. The Morgan fingerprint density at radius 1 is 1.00 bits per heavy atom. The summed E-state index contributed by atoms with van der Waals surface area (Å²) in [6.07, 6.45) is 11.7. The van der Waals surface area contributed by atoms with Gasteiger partial charge in [-0.2, -0.15) is 0 Å². The highest BCUT2D eigenvalue weighted by molar-refractivity contribution is 6.69. The maximum Gasteiger partial charge on any atom is 0.184 e. The zero-order chi connectivity index (χ0) is 18.0. The highest BCUT2D eigenvalue weighted by Crippen LogP contribution is 2.66. The average Bonchev–Trinajstić information content (AvgIpc) is 2.76. The molecule has 0 aromatic rings. The molecular formula is C22H36O2Si. The smallest absolute Gasteiger partial charge is 0.184 e. The van der Waals surface area contributed by atoms with Gasteiger partial charge in [0.05, 0.1) is 5.60 Å². The lowest BCUT2D eigenvalue weighted by molar-refractivity contribution is -0.117. The van der Waals surface area contributed by atoms with Crippen LogP contribution in [0.25, 0.3) is 0 Å². The first-order valence-electron chi connectivity index (χ1n) is 10.6. The predicted molar refractivity (Wildman–Crippen MR) is 105 cm³/mol. The van der Waals surface area contributed by atoms with E-state index in [4.69, 9.17) is 4.43 Å². The molecule has 0 aliphatic heterocycles. The fourth-order valence-electron chi connectivity index (χ4n) is 7.25. The summed E-state index contributed by atoms with van der Waals surface area (Å²) in [6.45, 7) is 12.0. The number of fused-ring (bicyclic) bond motifs is 5. The van der Waals surface area contributed by atoms with Gasteiger partial charge < -0.3 is 4.43 Å². The molecule has 0 amide bonds. The molecule has 0 heterocycles. The van der Waals surface area contributed by atoms with Crippen molar-refractivity contribution >= 4 is 14.1 Å². The predicted octanol–water partition coefficient (Wildman–Crippen LogP) is 5.74. The van der Waals surface area contributed by atoms with E-state index in [2.05, 4.69) is 33.5 Å². The molecule has 0 aromatic carbocycles. The SMILES string of the molecule is CC1(O[Si](C)(C)C)CC[C@H]2[C@@H]3CCC4=CC(=O)CC[C@@H]4[C@H]3CC[C@@]21C. The number of hydrogen-bond donors (Lipinski definition) is 0. The maximum absolute atomic E-state index is 11.8. The van der Waals surface area contributed by atoms with Crippen molar-refractivity contribution in [3.05, 3.63) is 11.6 Å². The third-order valence-corrected chi connectivity index (χ3v) is 9.42. The van der Waals surface area contributed by atoms with Gasteiger partial charge in [0, 0.05) is 6.42 Å². The molecule has 0 spiro atoms. The van der Waals surface area contributed by atoms with Crippen LogP contribution in [0.2, 0.25) is 19.6 Å². The third kappa shape index (κ3) is 2.81. The molecule has 4 aliphatic rings. The first-order valence-corrected chi connectivity index (χ1v) is 14.0. The van der Waals surface area contributed by atoms with Gasteiger partial charge in [-0.25, -0.2) is 0 Å².